The SMILES string of the molecule is C#CCCC1(CCC(=O)N(CCc2cc(C)cc(C)c2)C(C(=O)NC)c2cnc(C)c(OC)c2)N=N1. The Hall–Kier alpha value is -3.73. The number of terminal acetylenes is 1. The van der Waals surface area contributed by atoms with E-state index in [0.29, 0.717) is 49.2 Å². The second kappa shape index (κ2) is 11.8. The zero-order chi connectivity index (χ0) is 26.3. The molecule has 1 aromatic heterocycles. The fourth-order valence-electron chi connectivity index (χ4n) is 4.47. The topological polar surface area (TPSA) is 96.2 Å². The fraction of sp³-hybridized carbons (Fsp3) is 0.464. The Labute approximate surface area is 213 Å². The molecular weight excluding hydrogens is 454 g/mol. The third kappa shape index (κ3) is 6.69. The van der Waals surface area contributed by atoms with Crippen molar-refractivity contribution in [3.8, 4) is 18.1 Å². The molecule has 2 aromatic rings. The number of methoxy groups -OCH3 is 1. The molecule has 1 aromatic carbocycles. The van der Waals surface area contributed by atoms with Gasteiger partial charge in [0.05, 0.1) is 12.8 Å². The number of nitrogens with zero attached hydrogens (tertiary/aromatic N) is 4. The molecule has 1 atom stereocenters. The predicted molar refractivity (Wildman–Crippen MR) is 139 cm³/mol. The number of pyridine rings is 1. The minimum Gasteiger partial charge on any atom is -0.495 e. The highest BCUT2D eigenvalue weighted by atomic mass is 16.5. The average Bonchev–Trinajstić information content (AvgIpc) is 3.63. The van der Waals surface area contributed by atoms with Crippen LogP contribution in [0, 0.1) is 33.1 Å². The van der Waals surface area contributed by atoms with E-state index in [9.17, 15) is 9.59 Å². The molecule has 190 valence electrons. The van der Waals surface area contributed by atoms with Gasteiger partial charge in [-0.15, -0.1) is 12.3 Å². The van der Waals surface area contributed by atoms with Crippen LogP contribution < -0.4 is 10.1 Å². The van der Waals surface area contributed by atoms with E-state index >= 15 is 0 Å². The van der Waals surface area contributed by atoms with Gasteiger partial charge in [0.2, 0.25) is 11.8 Å². The number of aromatic nitrogens is 1. The molecule has 2 amide bonds. The maximum Gasteiger partial charge on any atom is 0.247 e. The van der Waals surface area contributed by atoms with Crippen LogP contribution in [0.3, 0.4) is 0 Å². The Bertz CT molecular complexity index is 1160. The molecule has 8 nitrogen and oxygen atoms in total. The average molecular weight is 490 g/mol. The highest BCUT2D eigenvalue weighted by Crippen LogP contribution is 2.38. The molecule has 8 heteroatoms. The first-order valence-electron chi connectivity index (χ1n) is 12.2. The van der Waals surface area contributed by atoms with Crippen molar-refractivity contribution in [3.05, 3.63) is 58.4 Å². The summed E-state index contributed by atoms with van der Waals surface area (Å²) in [6, 6.07) is 7.25. The molecule has 0 bridgehead atoms. The fourth-order valence-corrected chi connectivity index (χ4v) is 4.47. The summed E-state index contributed by atoms with van der Waals surface area (Å²) in [6.45, 7) is 6.30. The van der Waals surface area contributed by atoms with Gasteiger partial charge in [-0.1, -0.05) is 29.3 Å². The smallest absolute Gasteiger partial charge is 0.247 e. The lowest BCUT2D eigenvalue weighted by atomic mass is 9.99. The van der Waals surface area contributed by atoms with Crippen LogP contribution in [0.25, 0.3) is 0 Å². The standard InChI is InChI=1S/C28H35N5O3/c1-7-8-11-28(31-32-28)12-9-25(34)33(13-10-22-15-19(2)14-20(3)16-22)26(27(35)29-5)23-17-24(36-6)21(4)30-18-23/h1,14-18,26H,8-13H2,2-6H3,(H,29,35). The monoisotopic (exact) mass is 489 g/mol. The second-order valence-electron chi connectivity index (χ2n) is 9.29. The number of hydrogen-bond donors (Lipinski definition) is 1. The van der Waals surface area contributed by atoms with Gasteiger partial charge in [-0.25, -0.2) is 0 Å². The summed E-state index contributed by atoms with van der Waals surface area (Å²) in [5.74, 6) is 2.73. The molecule has 1 aliphatic heterocycles. The molecule has 3 rings (SSSR count). The Morgan fingerprint density at radius 3 is 2.42 bits per heavy atom. The third-order valence-corrected chi connectivity index (χ3v) is 6.44. The van der Waals surface area contributed by atoms with Gasteiger partial charge in [-0.05, 0) is 38.8 Å². The Morgan fingerprint density at radius 2 is 1.83 bits per heavy atom. The van der Waals surface area contributed by atoms with Crippen LogP contribution in [0.2, 0.25) is 0 Å². The number of nitrogens with one attached hydrogen (secondary N) is 1. The lowest BCUT2D eigenvalue weighted by molar-refractivity contribution is -0.140. The number of carbonyl (C=O) groups is 2. The first kappa shape index (κ1) is 26.9. The van der Waals surface area contributed by atoms with Gasteiger partial charge in [0.15, 0.2) is 5.66 Å². The van der Waals surface area contributed by atoms with E-state index < -0.39 is 11.7 Å². The lowest BCUT2D eigenvalue weighted by Crippen LogP contribution is -2.44. The van der Waals surface area contributed by atoms with Crippen LogP contribution in [0.1, 0.15) is 59.7 Å². The number of carbonyl (C=O) groups excluding carboxylic acids is 2. The summed E-state index contributed by atoms with van der Waals surface area (Å²) >= 11 is 0. The number of benzene rings is 1. The van der Waals surface area contributed by atoms with Crippen molar-refractivity contribution in [2.75, 3.05) is 20.7 Å². The Morgan fingerprint density at radius 1 is 1.14 bits per heavy atom. The molecule has 0 radical (unpaired) electrons. The summed E-state index contributed by atoms with van der Waals surface area (Å²) in [4.78, 5) is 32.9. The number of hydrogen-bond acceptors (Lipinski definition) is 6. The van der Waals surface area contributed by atoms with Crippen molar-refractivity contribution >= 4 is 11.8 Å². The van der Waals surface area contributed by atoms with E-state index in [2.05, 4.69) is 58.5 Å². The minimum absolute atomic E-state index is 0.148. The molecule has 1 unspecified atom stereocenters. The molecule has 0 aliphatic carbocycles. The third-order valence-electron chi connectivity index (χ3n) is 6.44. The maximum absolute atomic E-state index is 13.7. The van der Waals surface area contributed by atoms with Gasteiger partial charge < -0.3 is 15.0 Å². The zero-order valence-corrected chi connectivity index (χ0v) is 21.8. The number of aryl methyl sites for hydroxylation is 3. The molecule has 36 heavy (non-hydrogen) atoms. The van der Waals surface area contributed by atoms with E-state index in [1.54, 1.807) is 31.3 Å². The Kier molecular flexibility index (Phi) is 8.81. The van der Waals surface area contributed by atoms with Gasteiger partial charge >= 0.3 is 0 Å². The van der Waals surface area contributed by atoms with Gasteiger partial charge in [-0.2, -0.15) is 10.2 Å². The molecular formula is C28H35N5O3. The van der Waals surface area contributed by atoms with E-state index in [4.69, 9.17) is 11.2 Å². The molecule has 1 aliphatic rings. The molecule has 0 fully saturated rings. The number of rotatable bonds is 12. The van der Waals surface area contributed by atoms with Crippen LogP contribution in [-0.2, 0) is 16.0 Å². The van der Waals surface area contributed by atoms with Crippen LogP contribution in [0.5, 0.6) is 5.75 Å². The quantitative estimate of drug-likeness (QED) is 0.451. The van der Waals surface area contributed by atoms with E-state index in [-0.39, 0.29) is 18.2 Å². The summed E-state index contributed by atoms with van der Waals surface area (Å²) < 4.78 is 5.44. The molecule has 1 N–H and O–H groups in total. The first-order chi connectivity index (χ1) is 17.2. The van der Waals surface area contributed by atoms with Crippen molar-refractivity contribution < 1.29 is 14.3 Å². The largest absolute Gasteiger partial charge is 0.495 e. The molecule has 0 saturated heterocycles. The van der Waals surface area contributed by atoms with Crippen LogP contribution >= 0.6 is 0 Å². The van der Waals surface area contributed by atoms with E-state index in [0.717, 1.165) is 16.7 Å². The zero-order valence-electron chi connectivity index (χ0n) is 21.8. The van der Waals surface area contributed by atoms with Gasteiger partial charge in [0.1, 0.15) is 11.8 Å². The van der Waals surface area contributed by atoms with Crippen molar-refractivity contribution in [2.24, 2.45) is 10.2 Å². The predicted octanol–water partition coefficient (Wildman–Crippen LogP) is 4.23. The van der Waals surface area contributed by atoms with Crippen molar-refractivity contribution in [1.29, 1.82) is 0 Å². The van der Waals surface area contributed by atoms with Crippen molar-refractivity contribution in [3.63, 3.8) is 0 Å². The normalized spacial score (nSPS) is 14.0. The summed E-state index contributed by atoms with van der Waals surface area (Å²) in [6.07, 6.45) is 9.48. The van der Waals surface area contributed by atoms with E-state index in [1.807, 2.05) is 6.92 Å². The van der Waals surface area contributed by atoms with Gasteiger partial charge in [0.25, 0.3) is 0 Å². The summed E-state index contributed by atoms with van der Waals surface area (Å²) in [7, 11) is 3.13. The highest BCUT2D eigenvalue weighted by molar-refractivity contribution is 5.88. The van der Waals surface area contributed by atoms with Crippen LogP contribution in [0.15, 0.2) is 40.7 Å². The van der Waals surface area contributed by atoms with Crippen molar-refractivity contribution in [1.82, 2.24) is 15.2 Å². The maximum atomic E-state index is 13.7. The Balaban J connectivity index is 1.91. The second-order valence-corrected chi connectivity index (χ2v) is 9.29. The minimum atomic E-state index is -0.856. The van der Waals surface area contributed by atoms with E-state index in [1.165, 1.54) is 0 Å². The summed E-state index contributed by atoms with van der Waals surface area (Å²) in [5, 5.41) is 11.0. The van der Waals surface area contributed by atoms with Gasteiger partial charge in [0, 0.05) is 51.0 Å². The molecule has 2 heterocycles. The number of likely N-dealkylation sites (N-methyl/N-ethyl adjacent to an activating group) is 1. The van der Waals surface area contributed by atoms with Crippen LogP contribution in [0.4, 0.5) is 0 Å². The summed E-state index contributed by atoms with van der Waals surface area (Å²) in [5.41, 5.74) is 4.15. The highest BCUT2D eigenvalue weighted by Gasteiger charge is 2.40. The lowest BCUT2D eigenvalue weighted by Gasteiger charge is -2.31. The van der Waals surface area contributed by atoms with Gasteiger partial charge in [-0.3, -0.25) is 14.6 Å². The van der Waals surface area contributed by atoms with Crippen molar-refractivity contribution in [2.45, 2.75) is 64.6 Å². The number of ether oxygens (including phenoxy) is 1. The van der Waals surface area contributed by atoms with Crippen LogP contribution in [-0.4, -0.2) is 48.1 Å². The molecule has 0 spiro atoms. The molecule has 0 saturated carbocycles. The first-order valence-corrected chi connectivity index (χ1v) is 12.2. The number of amides is 2.